The van der Waals surface area contributed by atoms with Gasteiger partial charge in [0.1, 0.15) is 34.6 Å². The first kappa shape index (κ1) is 33.8. The molecule has 0 bridgehead atoms. The van der Waals surface area contributed by atoms with E-state index in [1.807, 2.05) is 27.7 Å². The van der Waals surface area contributed by atoms with Gasteiger partial charge in [-0.3, -0.25) is 19.1 Å². The molecule has 0 saturated carbocycles. The third kappa shape index (κ3) is 5.54. The van der Waals surface area contributed by atoms with Gasteiger partial charge < -0.3 is 24.2 Å². The van der Waals surface area contributed by atoms with Crippen LogP contribution in [-0.4, -0.2) is 76.4 Å². The lowest BCUT2D eigenvalue weighted by atomic mass is 9.98. The molecule has 258 valence electrons. The second-order valence-corrected chi connectivity index (χ2v) is 13.9. The van der Waals surface area contributed by atoms with E-state index in [-0.39, 0.29) is 52.7 Å². The molecule has 5 heterocycles. The van der Waals surface area contributed by atoms with Gasteiger partial charge in [0, 0.05) is 31.2 Å². The number of aryl methyl sites for hydroxylation is 1. The molecule has 2 aliphatic rings. The number of methoxy groups -OCH3 is 1. The molecule has 2 amide bonds. The van der Waals surface area contributed by atoms with Gasteiger partial charge >= 0.3 is 6.09 Å². The third-order valence-corrected chi connectivity index (χ3v) is 9.01. The SMILES string of the molecule is COc1cccc(F)c1-c1nc2c(cc1F)c1c(c(=O)n2-c2c(C)ccnc2C(C)C)N(C)C(=O)[C@H]2CN(C(=O)OC(C)(C)C)[C@H](C)CN12. The molecule has 2 aliphatic heterocycles. The van der Waals surface area contributed by atoms with Crippen molar-refractivity contribution in [1.29, 1.82) is 0 Å². The van der Waals surface area contributed by atoms with Crippen LogP contribution in [0.15, 0.2) is 41.3 Å². The van der Waals surface area contributed by atoms with E-state index in [4.69, 9.17) is 14.5 Å². The van der Waals surface area contributed by atoms with E-state index in [9.17, 15) is 14.4 Å². The number of aromatic nitrogens is 3. The van der Waals surface area contributed by atoms with E-state index < -0.39 is 46.9 Å². The number of hydrogen-bond acceptors (Lipinski definition) is 8. The summed E-state index contributed by atoms with van der Waals surface area (Å²) in [6.07, 6.45) is 1.08. The number of halogens is 2. The number of ether oxygens (including phenoxy) is 2. The minimum absolute atomic E-state index is 0.0249. The Bertz CT molecular complexity index is 2070. The Kier molecular flexibility index (Phi) is 8.36. The van der Waals surface area contributed by atoms with Crippen LogP contribution in [0.5, 0.6) is 5.75 Å². The van der Waals surface area contributed by atoms with Crippen molar-refractivity contribution in [2.24, 2.45) is 0 Å². The standard InChI is InChI=1S/C36H40F2N6O5/c1-18(2)27-29(19(3)13-14-39-27)44-32-21(15-23(38)28(40-32)26-22(37)11-10-12-25(26)48-9)30-31(34(44)46)41(8)33(45)24-17-42(20(4)16-43(24)30)35(47)49-36(5,6)7/h10-15,18,20,24H,16-17H2,1-9H3/t20-,24-/m1/s1. The van der Waals surface area contributed by atoms with Gasteiger partial charge in [0.25, 0.3) is 11.5 Å². The van der Waals surface area contributed by atoms with Crippen molar-refractivity contribution in [3.8, 4) is 22.7 Å². The molecule has 6 rings (SSSR count). The van der Waals surface area contributed by atoms with Gasteiger partial charge in [-0.05, 0) is 70.4 Å². The molecule has 4 aromatic rings. The van der Waals surface area contributed by atoms with Crippen molar-refractivity contribution in [2.75, 3.05) is 37.0 Å². The molecule has 0 spiro atoms. The van der Waals surface area contributed by atoms with Crippen LogP contribution in [0.4, 0.5) is 25.0 Å². The fourth-order valence-electron chi connectivity index (χ4n) is 6.76. The zero-order chi connectivity index (χ0) is 35.7. The van der Waals surface area contributed by atoms with Crippen LogP contribution >= 0.6 is 0 Å². The van der Waals surface area contributed by atoms with Crippen LogP contribution in [-0.2, 0) is 9.53 Å². The zero-order valence-electron chi connectivity index (χ0n) is 29.1. The van der Waals surface area contributed by atoms with E-state index in [0.717, 1.165) is 0 Å². The Morgan fingerprint density at radius 1 is 1.04 bits per heavy atom. The number of rotatable bonds is 4. The van der Waals surface area contributed by atoms with E-state index in [1.54, 1.807) is 37.9 Å². The van der Waals surface area contributed by atoms with E-state index in [2.05, 4.69) is 4.98 Å². The Hall–Kier alpha value is -5.07. The second kappa shape index (κ2) is 12.1. The van der Waals surface area contributed by atoms with Crippen LogP contribution in [0.3, 0.4) is 0 Å². The van der Waals surface area contributed by atoms with Gasteiger partial charge in [0.15, 0.2) is 11.5 Å². The molecular weight excluding hydrogens is 634 g/mol. The number of anilines is 2. The smallest absolute Gasteiger partial charge is 0.410 e. The minimum Gasteiger partial charge on any atom is -0.496 e. The highest BCUT2D eigenvalue weighted by Gasteiger charge is 2.47. The first-order chi connectivity index (χ1) is 23.0. The van der Waals surface area contributed by atoms with E-state index >= 15 is 8.78 Å². The summed E-state index contributed by atoms with van der Waals surface area (Å²) in [7, 11) is 2.84. The highest BCUT2D eigenvalue weighted by atomic mass is 19.1. The fraction of sp³-hybridized carbons (Fsp3) is 0.417. The number of amides is 2. The lowest BCUT2D eigenvalue weighted by Gasteiger charge is -2.49. The lowest BCUT2D eigenvalue weighted by molar-refractivity contribution is -0.121. The molecule has 1 saturated heterocycles. The molecule has 0 aliphatic carbocycles. The van der Waals surface area contributed by atoms with Gasteiger partial charge in [-0.15, -0.1) is 0 Å². The Balaban J connectivity index is 1.69. The van der Waals surface area contributed by atoms with Crippen molar-refractivity contribution in [3.05, 3.63) is 69.8 Å². The Morgan fingerprint density at radius 2 is 1.76 bits per heavy atom. The molecule has 49 heavy (non-hydrogen) atoms. The first-order valence-corrected chi connectivity index (χ1v) is 16.2. The molecule has 11 nitrogen and oxygen atoms in total. The van der Waals surface area contributed by atoms with Crippen molar-refractivity contribution in [2.45, 2.75) is 72.1 Å². The summed E-state index contributed by atoms with van der Waals surface area (Å²) in [5, 5.41) is 0.228. The van der Waals surface area contributed by atoms with Crippen LogP contribution in [0.2, 0.25) is 0 Å². The largest absolute Gasteiger partial charge is 0.496 e. The first-order valence-electron chi connectivity index (χ1n) is 16.2. The molecule has 0 N–H and O–H groups in total. The number of pyridine rings is 3. The van der Waals surface area contributed by atoms with Crippen molar-refractivity contribution in [3.63, 3.8) is 0 Å². The number of nitrogens with zero attached hydrogens (tertiary/aromatic N) is 6. The van der Waals surface area contributed by atoms with Crippen molar-refractivity contribution in [1.82, 2.24) is 19.4 Å². The molecule has 1 aromatic carbocycles. The van der Waals surface area contributed by atoms with Gasteiger partial charge in [0.05, 0.1) is 36.3 Å². The summed E-state index contributed by atoms with van der Waals surface area (Å²) >= 11 is 0. The van der Waals surface area contributed by atoms with Gasteiger partial charge in [-0.2, -0.15) is 0 Å². The van der Waals surface area contributed by atoms with Gasteiger partial charge in [-0.1, -0.05) is 19.9 Å². The number of likely N-dealkylation sites (N-methyl/N-ethyl adjacent to an activating group) is 1. The third-order valence-electron chi connectivity index (χ3n) is 9.01. The summed E-state index contributed by atoms with van der Waals surface area (Å²) in [6, 6.07) is 5.77. The van der Waals surface area contributed by atoms with Crippen molar-refractivity contribution >= 4 is 34.4 Å². The van der Waals surface area contributed by atoms with E-state index in [0.29, 0.717) is 22.6 Å². The molecule has 13 heteroatoms. The highest BCUT2D eigenvalue weighted by Crippen LogP contribution is 2.44. The number of hydrogen-bond donors (Lipinski definition) is 0. The second-order valence-electron chi connectivity index (χ2n) is 13.9. The molecule has 1 fully saturated rings. The molecular formula is C36H40F2N6O5. The quantitative estimate of drug-likeness (QED) is 0.261. The predicted octanol–water partition coefficient (Wildman–Crippen LogP) is 5.96. The number of carbonyl (C=O) groups is 2. The molecule has 3 aromatic heterocycles. The van der Waals surface area contributed by atoms with Crippen LogP contribution in [0, 0.1) is 18.6 Å². The van der Waals surface area contributed by atoms with Gasteiger partial charge in [0.2, 0.25) is 0 Å². The summed E-state index contributed by atoms with van der Waals surface area (Å²) in [5.74, 6) is -2.09. The average molecular weight is 675 g/mol. The molecule has 2 atom stereocenters. The summed E-state index contributed by atoms with van der Waals surface area (Å²) in [6.45, 7) is 12.9. The minimum atomic E-state index is -0.902. The monoisotopic (exact) mass is 674 g/mol. The summed E-state index contributed by atoms with van der Waals surface area (Å²) in [5.41, 5.74) is 0.216. The number of piperazine rings is 1. The normalized spacial score (nSPS) is 17.8. The topological polar surface area (TPSA) is 110 Å². The number of fused-ring (bicyclic) bond motifs is 5. The van der Waals surface area contributed by atoms with Crippen LogP contribution < -0.4 is 20.1 Å². The number of benzene rings is 1. The lowest BCUT2D eigenvalue weighted by Crippen LogP contribution is -2.66. The fourth-order valence-corrected chi connectivity index (χ4v) is 6.76. The average Bonchev–Trinajstić information content (AvgIpc) is 3.02. The zero-order valence-corrected chi connectivity index (χ0v) is 29.1. The van der Waals surface area contributed by atoms with Gasteiger partial charge in [-0.25, -0.2) is 18.6 Å². The maximum atomic E-state index is 16.4. The Morgan fingerprint density at radius 3 is 2.41 bits per heavy atom. The summed E-state index contributed by atoms with van der Waals surface area (Å²) in [4.78, 5) is 56.0. The number of carbonyl (C=O) groups excluding carboxylic acids is 2. The Labute approximate surface area is 283 Å². The predicted molar refractivity (Wildman–Crippen MR) is 183 cm³/mol. The highest BCUT2D eigenvalue weighted by molar-refractivity contribution is 6.12. The maximum Gasteiger partial charge on any atom is 0.410 e. The van der Waals surface area contributed by atoms with Crippen LogP contribution in [0.25, 0.3) is 28.0 Å². The molecule has 0 unspecified atom stereocenters. The van der Waals surface area contributed by atoms with Crippen LogP contribution in [0.1, 0.15) is 58.7 Å². The van der Waals surface area contributed by atoms with Crippen molar-refractivity contribution < 1.29 is 27.8 Å². The summed E-state index contributed by atoms with van der Waals surface area (Å²) < 4.78 is 44.2. The van der Waals surface area contributed by atoms with E-state index in [1.165, 1.54) is 52.8 Å². The maximum absolute atomic E-state index is 16.4. The molecule has 0 radical (unpaired) electrons.